The Morgan fingerprint density at radius 3 is 2.38 bits per heavy atom. The number of H-pyrrole nitrogens is 1. The summed E-state index contributed by atoms with van der Waals surface area (Å²) >= 11 is 0. The lowest BCUT2D eigenvalue weighted by Gasteiger charge is -2.23. The smallest absolute Gasteiger partial charge is 0.273 e. The van der Waals surface area contributed by atoms with Crippen molar-refractivity contribution in [1.82, 2.24) is 20.0 Å². The van der Waals surface area contributed by atoms with E-state index in [9.17, 15) is 14.4 Å². The minimum absolute atomic E-state index is 0.0400. The van der Waals surface area contributed by atoms with Crippen molar-refractivity contribution in [2.45, 2.75) is 38.6 Å². The summed E-state index contributed by atoms with van der Waals surface area (Å²) in [5.74, 6) is -0.0400. The maximum atomic E-state index is 12.4. The minimum Gasteiger partial charge on any atom is -0.353 e. The Bertz CT molecular complexity index is 863. The highest BCUT2D eigenvalue weighted by atomic mass is 16.2. The summed E-state index contributed by atoms with van der Waals surface area (Å²) in [5.41, 5.74) is -0.551. The van der Waals surface area contributed by atoms with E-state index in [1.165, 1.54) is 23.9 Å². The molecule has 26 heavy (non-hydrogen) atoms. The van der Waals surface area contributed by atoms with Gasteiger partial charge in [0.2, 0.25) is 5.91 Å². The van der Waals surface area contributed by atoms with Crippen LogP contribution in [0.15, 0.2) is 33.9 Å². The standard InChI is InChI=1S/C19H26N4O3/c24-17(14-22-11-6-2-1-3-7-12-22)20-10-13-23-19(26)16-9-5-4-8-15(16)18(25)21-23/h4-5,8-9H,1-3,6-7,10-14H2,(H,20,24)(H,21,25). The molecule has 7 heteroatoms. The van der Waals surface area contributed by atoms with Crippen LogP contribution in [0.2, 0.25) is 0 Å². The number of nitrogens with one attached hydrogen (secondary N) is 2. The summed E-state index contributed by atoms with van der Waals surface area (Å²) in [6, 6.07) is 6.74. The molecule has 0 spiro atoms. The first-order valence-corrected chi connectivity index (χ1v) is 9.36. The Morgan fingerprint density at radius 1 is 1.00 bits per heavy atom. The molecular weight excluding hydrogens is 332 g/mol. The van der Waals surface area contributed by atoms with E-state index in [4.69, 9.17) is 0 Å². The third-order valence-electron chi connectivity index (χ3n) is 4.86. The molecule has 0 radical (unpaired) electrons. The second-order valence-electron chi connectivity index (χ2n) is 6.84. The summed E-state index contributed by atoms with van der Waals surface area (Å²) in [7, 11) is 0. The van der Waals surface area contributed by atoms with Crippen molar-refractivity contribution < 1.29 is 4.79 Å². The molecule has 0 aliphatic carbocycles. The zero-order valence-electron chi connectivity index (χ0n) is 15.0. The van der Waals surface area contributed by atoms with Crippen molar-refractivity contribution in [1.29, 1.82) is 0 Å². The van der Waals surface area contributed by atoms with Crippen LogP contribution in [0.3, 0.4) is 0 Å². The van der Waals surface area contributed by atoms with Crippen LogP contribution < -0.4 is 16.4 Å². The first-order valence-electron chi connectivity index (χ1n) is 9.36. The van der Waals surface area contributed by atoms with Gasteiger partial charge in [-0.05, 0) is 38.1 Å². The number of rotatable bonds is 5. The first kappa shape index (κ1) is 18.4. The predicted octanol–water partition coefficient (Wildman–Crippen LogP) is 1.07. The fourth-order valence-corrected chi connectivity index (χ4v) is 3.44. The van der Waals surface area contributed by atoms with Gasteiger partial charge in [0.15, 0.2) is 0 Å². The van der Waals surface area contributed by atoms with Crippen LogP contribution in [-0.4, -0.2) is 46.8 Å². The van der Waals surface area contributed by atoms with Gasteiger partial charge in [0.1, 0.15) is 0 Å². The summed E-state index contributed by atoms with van der Waals surface area (Å²) in [6.07, 6.45) is 6.04. The number of fused-ring (bicyclic) bond motifs is 1. The molecule has 0 saturated carbocycles. The van der Waals surface area contributed by atoms with E-state index in [0.29, 0.717) is 23.9 Å². The number of nitrogens with zero attached hydrogens (tertiary/aromatic N) is 2. The van der Waals surface area contributed by atoms with E-state index in [1.54, 1.807) is 24.3 Å². The Morgan fingerprint density at radius 2 is 1.65 bits per heavy atom. The Hall–Kier alpha value is -2.41. The van der Waals surface area contributed by atoms with Crippen molar-refractivity contribution >= 4 is 16.7 Å². The second-order valence-corrected chi connectivity index (χ2v) is 6.84. The molecule has 0 atom stereocenters. The third-order valence-corrected chi connectivity index (χ3v) is 4.86. The molecule has 2 N–H and O–H groups in total. The van der Waals surface area contributed by atoms with Gasteiger partial charge in [0.05, 0.1) is 23.9 Å². The number of amides is 1. The number of likely N-dealkylation sites (tertiary alicyclic amines) is 1. The van der Waals surface area contributed by atoms with Crippen LogP contribution in [0.5, 0.6) is 0 Å². The zero-order valence-corrected chi connectivity index (χ0v) is 15.0. The van der Waals surface area contributed by atoms with Gasteiger partial charge in [0.25, 0.3) is 11.1 Å². The number of aromatic amines is 1. The van der Waals surface area contributed by atoms with Crippen LogP contribution in [0.25, 0.3) is 10.8 Å². The van der Waals surface area contributed by atoms with Crippen LogP contribution >= 0.6 is 0 Å². The molecule has 1 fully saturated rings. The van der Waals surface area contributed by atoms with Gasteiger partial charge in [0, 0.05) is 6.54 Å². The maximum Gasteiger partial charge on any atom is 0.273 e. The highest BCUT2D eigenvalue weighted by molar-refractivity contribution is 5.80. The number of benzene rings is 1. The molecule has 1 aromatic carbocycles. The molecule has 0 unspecified atom stereocenters. The average molecular weight is 358 g/mol. The topological polar surface area (TPSA) is 87.2 Å². The van der Waals surface area contributed by atoms with Crippen molar-refractivity contribution in [3.8, 4) is 0 Å². The van der Waals surface area contributed by atoms with E-state index in [0.717, 1.165) is 25.9 Å². The number of carbonyl (C=O) groups excluding carboxylic acids is 1. The monoisotopic (exact) mass is 358 g/mol. The van der Waals surface area contributed by atoms with E-state index >= 15 is 0 Å². The summed E-state index contributed by atoms with van der Waals surface area (Å²) in [4.78, 5) is 38.8. The van der Waals surface area contributed by atoms with Gasteiger partial charge < -0.3 is 5.32 Å². The maximum absolute atomic E-state index is 12.4. The Kier molecular flexibility index (Phi) is 6.22. The predicted molar refractivity (Wildman–Crippen MR) is 101 cm³/mol. The van der Waals surface area contributed by atoms with Crippen LogP contribution in [0.1, 0.15) is 32.1 Å². The molecule has 2 heterocycles. The normalized spacial score (nSPS) is 16.2. The van der Waals surface area contributed by atoms with Crippen LogP contribution in [-0.2, 0) is 11.3 Å². The average Bonchev–Trinajstić information content (AvgIpc) is 2.61. The lowest BCUT2D eigenvalue weighted by molar-refractivity contribution is -0.122. The molecule has 2 aromatic rings. The fourth-order valence-electron chi connectivity index (χ4n) is 3.44. The van der Waals surface area contributed by atoms with Gasteiger partial charge in [-0.25, -0.2) is 4.68 Å². The van der Waals surface area contributed by atoms with Crippen molar-refractivity contribution in [3.05, 3.63) is 45.0 Å². The van der Waals surface area contributed by atoms with Gasteiger partial charge in [-0.15, -0.1) is 0 Å². The van der Waals surface area contributed by atoms with Crippen molar-refractivity contribution in [2.75, 3.05) is 26.2 Å². The van der Waals surface area contributed by atoms with Crippen molar-refractivity contribution in [2.24, 2.45) is 0 Å². The number of hydrogen-bond donors (Lipinski definition) is 2. The van der Waals surface area contributed by atoms with E-state index in [1.807, 2.05) is 0 Å². The highest BCUT2D eigenvalue weighted by Crippen LogP contribution is 2.09. The Balaban J connectivity index is 1.55. The molecule has 1 aliphatic heterocycles. The van der Waals surface area contributed by atoms with E-state index in [-0.39, 0.29) is 23.6 Å². The van der Waals surface area contributed by atoms with Crippen LogP contribution in [0, 0.1) is 0 Å². The number of aromatic nitrogens is 2. The quantitative estimate of drug-likeness (QED) is 0.837. The molecule has 1 amide bonds. The van der Waals surface area contributed by atoms with Crippen molar-refractivity contribution in [3.63, 3.8) is 0 Å². The van der Waals surface area contributed by atoms with Crippen LogP contribution in [0.4, 0.5) is 0 Å². The Labute approximate surface area is 152 Å². The van der Waals surface area contributed by atoms with E-state index in [2.05, 4.69) is 15.3 Å². The fraction of sp³-hybridized carbons (Fsp3) is 0.526. The highest BCUT2D eigenvalue weighted by Gasteiger charge is 2.12. The van der Waals surface area contributed by atoms with Gasteiger partial charge in [-0.2, -0.15) is 0 Å². The first-order chi connectivity index (χ1) is 12.6. The molecular formula is C19H26N4O3. The summed E-state index contributed by atoms with van der Waals surface area (Å²) in [5, 5.41) is 6.20. The lowest BCUT2D eigenvalue weighted by atomic mass is 10.1. The molecule has 0 bridgehead atoms. The number of hydrogen-bond acceptors (Lipinski definition) is 4. The molecule has 7 nitrogen and oxygen atoms in total. The molecule has 1 saturated heterocycles. The third kappa shape index (κ3) is 4.60. The SMILES string of the molecule is O=C(CN1CCCCCCC1)NCCn1[nH]c(=O)c2ccccc2c1=O. The molecule has 3 rings (SSSR count). The summed E-state index contributed by atoms with van der Waals surface area (Å²) < 4.78 is 1.26. The lowest BCUT2D eigenvalue weighted by Crippen LogP contribution is -2.41. The van der Waals surface area contributed by atoms with Gasteiger partial charge in [-0.1, -0.05) is 31.4 Å². The van der Waals surface area contributed by atoms with Gasteiger partial charge >= 0.3 is 0 Å². The number of carbonyl (C=O) groups is 1. The van der Waals surface area contributed by atoms with Gasteiger partial charge in [-0.3, -0.25) is 24.4 Å². The molecule has 1 aliphatic rings. The largest absolute Gasteiger partial charge is 0.353 e. The zero-order chi connectivity index (χ0) is 18.4. The second kappa shape index (κ2) is 8.80. The van der Waals surface area contributed by atoms with E-state index < -0.39 is 0 Å². The molecule has 1 aromatic heterocycles. The molecule has 140 valence electrons. The summed E-state index contributed by atoms with van der Waals surface area (Å²) in [6.45, 7) is 2.87. The minimum atomic E-state index is -0.299.